The van der Waals surface area contributed by atoms with Crippen LogP contribution in [0.1, 0.15) is 0 Å². The van der Waals surface area contributed by atoms with Crippen molar-refractivity contribution < 1.29 is 14.3 Å². The fraction of sp³-hybridized carbons (Fsp3) is 0.500. The van der Waals surface area contributed by atoms with Gasteiger partial charge in [0, 0.05) is 32.2 Å². The molecular formula is C14H20N4O3. The molecule has 1 aromatic carbocycles. The molecule has 7 nitrogen and oxygen atoms in total. The number of nitrogens with zero attached hydrogens (tertiary/aromatic N) is 1. The molecule has 7 heteroatoms. The zero-order valence-corrected chi connectivity index (χ0v) is 11.9. The molecule has 4 N–H and O–H groups in total. The maximum Gasteiger partial charge on any atom is 0.262 e. The van der Waals surface area contributed by atoms with Crippen molar-refractivity contribution in [1.29, 1.82) is 0 Å². The van der Waals surface area contributed by atoms with E-state index >= 15 is 0 Å². The highest BCUT2D eigenvalue weighted by atomic mass is 16.5. The molecule has 0 bridgehead atoms. The van der Waals surface area contributed by atoms with Crippen LogP contribution in [0.25, 0.3) is 0 Å². The first-order valence-electron chi connectivity index (χ1n) is 7.12. The summed E-state index contributed by atoms with van der Waals surface area (Å²) in [7, 11) is 0. The SMILES string of the molecule is Nc1cc2c(cc1NCCN1CCOCC1)NC(=O)CO2. The van der Waals surface area contributed by atoms with Gasteiger partial charge in [-0.05, 0) is 6.07 Å². The molecular weight excluding hydrogens is 272 g/mol. The van der Waals surface area contributed by atoms with Crippen molar-refractivity contribution in [3.8, 4) is 5.75 Å². The molecule has 2 heterocycles. The van der Waals surface area contributed by atoms with E-state index in [9.17, 15) is 4.79 Å². The Morgan fingerprint density at radius 3 is 2.95 bits per heavy atom. The van der Waals surface area contributed by atoms with Crippen LogP contribution in [0.5, 0.6) is 5.75 Å². The lowest BCUT2D eigenvalue weighted by molar-refractivity contribution is -0.118. The summed E-state index contributed by atoms with van der Waals surface area (Å²) >= 11 is 0. The van der Waals surface area contributed by atoms with Gasteiger partial charge in [-0.1, -0.05) is 0 Å². The maximum absolute atomic E-state index is 11.3. The Balaban J connectivity index is 1.59. The Morgan fingerprint density at radius 2 is 2.14 bits per heavy atom. The van der Waals surface area contributed by atoms with Gasteiger partial charge in [0.2, 0.25) is 0 Å². The Kier molecular flexibility index (Phi) is 4.12. The highest BCUT2D eigenvalue weighted by Crippen LogP contribution is 2.34. The van der Waals surface area contributed by atoms with E-state index in [0.29, 0.717) is 17.1 Å². The lowest BCUT2D eigenvalue weighted by atomic mass is 10.2. The Labute approximate surface area is 123 Å². The van der Waals surface area contributed by atoms with Crippen LogP contribution in [-0.2, 0) is 9.53 Å². The minimum atomic E-state index is -0.147. The second kappa shape index (κ2) is 6.19. The number of rotatable bonds is 4. The molecule has 3 rings (SSSR count). The number of carbonyl (C=O) groups is 1. The van der Waals surface area contributed by atoms with Crippen LogP contribution in [0.15, 0.2) is 12.1 Å². The van der Waals surface area contributed by atoms with E-state index in [0.717, 1.165) is 45.1 Å². The third kappa shape index (κ3) is 3.37. The number of hydrogen-bond acceptors (Lipinski definition) is 6. The molecule has 0 spiro atoms. The first-order chi connectivity index (χ1) is 10.2. The van der Waals surface area contributed by atoms with Crippen LogP contribution in [0, 0.1) is 0 Å². The summed E-state index contributed by atoms with van der Waals surface area (Å²) in [5.41, 5.74) is 8.10. The van der Waals surface area contributed by atoms with E-state index in [1.165, 1.54) is 0 Å². The van der Waals surface area contributed by atoms with Crippen molar-refractivity contribution in [2.75, 3.05) is 62.4 Å². The van der Waals surface area contributed by atoms with Crippen LogP contribution >= 0.6 is 0 Å². The number of benzene rings is 1. The van der Waals surface area contributed by atoms with E-state index in [1.54, 1.807) is 6.07 Å². The summed E-state index contributed by atoms with van der Waals surface area (Å²) in [6.45, 7) is 5.28. The summed E-state index contributed by atoms with van der Waals surface area (Å²) in [5, 5.41) is 6.09. The monoisotopic (exact) mass is 292 g/mol. The van der Waals surface area contributed by atoms with Gasteiger partial charge in [0.25, 0.3) is 5.91 Å². The molecule has 1 aromatic rings. The van der Waals surface area contributed by atoms with E-state index < -0.39 is 0 Å². The number of nitrogens with two attached hydrogens (primary N) is 1. The average Bonchev–Trinajstić information content (AvgIpc) is 2.49. The molecule has 114 valence electrons. The van der Waals surface area contributed by atoms with Gasteiger partial charge < -0.3 is 25.8 Å². The van der Waals surface area contributed by atoms with Gasteiger partial charge >= 0.3 is 0 Å². The van der Waals surface area contributed by atoms with Crippen molar-refractivity contribution >= 4 is 23.0 Å². The fourth-order valence-electron chi connectivity index (χ4n) is 2.47. The molecule has 0 saturated carbocycles. The number of ether oxygens (including phenoxy) is 2. The normalized spacial score (nSPS) is 18.6. The molecule has 1 amide bonds. The zero-order chi connectivity index (χ0) is 14.7. The van der Waals surface area contributed by atoms with E-state index in [-0.39, 0.29) is 12.5 Å². The largest absolute Gasteiger partial charge is 0.482 e. The van der Waals surface area contributed by atoms with Gasteiger partial charge in [-0.25, -0.2) is 0 Å². The van der Waals surface area contributed by atoms with Gasteiger partial charge in [-0.3, -0.25) is 9.69 Å². The Bertz CT molecular complexity index is 529. The first kappa shape index (κ1) is 14.0. The third-order valence-corrected chi connectivity index (χ3v) is 3.63. The molecule has 0 unspecified atom stereocenters. The molecule has 0 radical (unpaired) electrons. The summed E-state index contributed by atoms with van der Waals surface area (Å²) in [6.07, 6.45) is 0. The van der Waals surface area contributed by atoms with Crippen molar-refractivity contribution in [1.82, 2.24) is 4.90 Å². The number of nitrogens with one attached hydrogen (secondary N) is 2. The van der Waals surface area contributed by atoms with E-state index in [4.69, 9.17) is 15.2 Å². The van der Waals surface area contributed by atoms with Gasteiger partial charge in [0.05, 0.1) is 30.3 Å². The zero-order valence-electron chi connectivity index (χ0n) is 11.9. The smallest absolute Gasteiger partial charge is 0.262 e. The van der Waals surface area contributed by atoms with Gasteiger partial charge in [-0.15, -0.1) is 0 Å². The Hall–Kier alpha value is -1.99. The van der Waals surface area contributed by atoms with E-state index in [1.807, 2.05) is 6.07 Å². The number of fused-ring (bicyclic) bond motifs is 1. The predicted molar refractivity (Wildman–Crippen MR) is 80.7 cm³/mol. The molecule has 21 heavy (non-hydrogen) atoms. The molecule has 0 aromatic heterocycles. The first-order valence-corrected chi connectivity index (χ1v) is 7.12. The predicted octanol–water partition coefficient (Wildman–Crippen LogP) is 0.344. The number of anilines is 3. The quantitative estimate of drug-likeness (QED) is 0.694. The molecule has 1 fully saturated rings. The molecule has 2 aliphatic rings. The fourth-order valence-corrected chi connectivity index (χ4v) is 2.47. The second-order valence-corrected chi connectivity index (χ2v) is 5.15. The highest BCUT2D eigenvalue weighted by Gasteiger charge is 2.18. The molecule has 1 saturated heterocycles. The number of amides is 1. The van der Waals surface area contributed by atoms with Crippen LogP contribution < -0.4 is 21.1 Å². The summed E-state index contributed by atoms with van der Waals surface area (Å²) in [5.74, 6) is 0.470. The van der Waals surface area contributed by atoms with Gasteiger partial charge in [0.15, 0.2) is 6.61 Å². The molecule has 0 atom stereocenters. The van der Waals surface area contributed by atoms with Crippen LogP contribution in [-0.4, -0.2) is 56.8 Å². The summed E-state index contributed by atoms with van der Waals surface area (Å²) < 4.78 is 10.6. The average molecular weight is 292 g/mol. The van der Waals surface area contributed by atoms with Crippen LogP contribution in [0.3, 0.4) is 0 Å². The number of nitrogen functional groups attached to an aromatic ring is 1. The third-order valence-electron chi connectivity index (χ3n) is 3.63. The maximum atomic E-state index is 11.3. The number of morpholine rings is 1. The highest BCUT2D eigenvalue weighted by molar-refractivity contribution is 5.97. The second-order valence-electron chi connectivity index (χ2n) is 5.15. The standard InChI is InChI=1S/C14H20N4O3/c15-10-7-13-12(17-14(19)9-21-13)8-11(10)16-1-2-18-3-5-20-6-4-18/h7-8,16H,1-6,9,15H2,(H,17,19). The minimum Gasteiger partial charge on any atom is -0.482 e. The Morgan fingerprint density at radius 1 is 1.33 bits per heavy atom. The molecule has 0 aliphatic carbocycles. The van der Waals surface area contributed by atoms with E-state index in [2.05, 4.69) is 15.5 Å². The number of carbonyl (C=O) groups excluding carboxylic acids is 1. The minimum absolute atomic E-state index is 0.0379. The van der Waals surface area contributed by atoms with Gasteiger partial charge in [0.1, 0.15) is 5.75 Å². The van der Waals surface area contributed by atoms with Crippen LogP contribution in [0.2, 0.25) is 0 Å². The lowest BCUT2D eigenvalue weighted by Crippen LogP contribution is -2.39. The topological polar surface area (TPSA) is 88.9 Å². The van der Waals surface area contributed by atoms with Crippen molar-refractivity contribution in [2.24, 2.45) is 0 Å². The van der Waals surface area contributed by atoms with Crippen LogP contribution in [0.4, 0.5) is 17.1 Å². The van der Waals surface area contributed by atoms with Crippen molar-refractivity contribution in [3.05, 3.63) is 12.1 Å². The number of hydrogen-bond donors (Lipinski definition) is 3. The molecule has 2 aliphatic heterocycles. The summed E-state index contributed by atoms with van der Waals surface area (Å²) in [4.78, 5) is 13.7. The van der Waals surface area contributed by atoms with Crippen molar-refractivity contribution in [3.63, 3.8) is 0 Å². The lowest BCUT2D eigenvalue weighted by Gasteiger charge is -2.27. The summed E-state index contributed by atoms with van der Waals surface area (Å²) in [6, 6.07) is 3.56. The van der Waals surface area contributed by atoms with Crippen molar-refractivity contribution in [2.45, 2.75) is 0 Å². The van der Waals surface area contributed by atoms with Gasteiger partial charge in [-0.2, -0.15) is 0 Å².